The van der Waals surface area contributed by atoms with Gasteiger partial charge in [0.15, 0.2) is 17.5 Å². The van der Waals surface area contributed by atoms with E-state index < -0.39 is 0 Å². The van der Waals surface area contributed by atoms with E-state index in [0.29, 0.717) is 17.5 Å². The topological polar surface area (TPSA) is 123 Å². The average Bonchev–Trinajstić information content (AvgIpc) is 3.41. The van der Waals surface area contributed by atoms with Crippen molar-refractivity contribution in [3.8, 4) is 34.2 Å². The van der Waals surface area contributed by atoms with Crippen LogP contribution in [0.25, 0.3) is 99.6 Å². The zero-order valence-electron chi connectivity index (χ0n) is 39.7. The molecule has 4 heterocycles. The Morgan fingerprint density at radius 3 is 0.833 bits per heavy atom. The van der Waals surface area contributed by atoms with Crippen LogP contribution in [0.15, 0.2) is 215 Å². The Morgan fingerprint density at radius 1 is 0.278 bits per heavy atom. The van der Waals surface area contributed by atoms with Gasteiger partial charge in [-0.2, -0.15) is 0 Å². The second-order valence-corrected chi connectivity index (χ2v) is 18.4. The van der Waals surface area contributed by atoms with Crippen molar-refractivity contribution >= 4 is 82.5 Å². The van der Waals surface area contributed by atoms with Crippen LogP contribution in [0.5, 0.6) is 0 Å². The van der Waals surface area contributed by atoms with Crippen LogP contribution >= 0.6 is 0 Å². The Bertz CT molecular complexity index is 4050. The highest BCUT2D eigenvalue weighted by atomic mass is 15.0. The number of H-pyrrole nitrogens is 3. The number of aryl methyl sites for hydroxylation is 3. The fourth-order valence-corrected chi connectivity index (χ4v) is 9.86. The van der Waals surface area contributed by atoms with Gasteiger partial charge in [0.1, 0.15) is 0 Å². The summed E-state index contributed by atoms with van der Waals surface area (Å²) >= 11 is 0. The third-order valence-corrected chi connectivity index (χ3v) is 13.4. The minimum atomic E-state index is 0.488. The first-order chi connectivity index (χ1) is 35.4. The molecule has 0 unspecified atom stereocenters. The van der Waals surface area contributed by atoms with E-state index in [1.54, 1.807) is 0 Å². The number of nitrogens with one attached hydrogen (secondary N) is 3. The maximum absolute atomic E-state index is 5.54. The summed E-state index contributed by atoms with van der Waals surface area (Å²) < 4.78 is 0. The number of fused-ring (bicyclic) bond motifs is 6. The molecule has 72 heavy (non-hydrogen) atoms. The van der Waals surface area contributed by atoms with Crippen LogP contribution in [0.4, 0.5) is 17.1 Å². The van der Waals surface area contributed by atoms with E-state index in [4.69, 9.17) is 29.9 Å². The monoisotopic (exact) mass is 927 g/mol. The second kappa shape index (κ2) is 17.4. The number of rotatable bonds is 6. The average molecular weight is 928 g/mol. The van der Waals surface area contributed by atoms with Gasteiger partial charge in [-0.25, -0.2) is 29.9 Å². The van der Waals surface area contributed by atoms with Gasteiger partial charge >= 0.3 is 0 Å². The lowest BCUT2D eigenvalue weighted by atomic mass is 10.0. The molecule has 13 aromatic rings. The first kappa shape index (κ1) is 42.5. The summed E-state index contributed by atoms with van der Waals surface area (Å²) in [6.07, 6.45) is 0. The van der Waals surface area contributed by atoms with Gasteiger partial charge < -0.3 is 15.0 Å². The second-order valence-electron chi connectivity index (χ2n) is 18.4. The highest BCUT2D eigenvalue weighted by Crippen LogP contribution is 2.34. The largest absolute Gasteiger partial charge is 0.354 e. The SMILES string of the molecule is Cc1ccc(N=c2c3ccccc3[nH]c3cccc(-c4nc(-c5cccc6[nH]c7ccccc7c(=Nc7ccc(C)cc7)c56)nc(-c5cccc6[nH]c7ccccc7c(=Nc7ccc(C)cc7)c56)n4)c23)cc1. The fraction of sp³-hybridized carbons (Fsp3) is 0.0476. The van der Waals surface area contributed by atoms with Crippen molar-refractivity contribution in [2.75, 3.05) is 0 Å². The number of nitrogens with zero attached hydrogens (tertiary/aromatic N) is 6. The van der Waals surface area contributed by atoms with E-state index in [-0.39, 0.29) is 0 Å². The molecule has 0 aliphatic carbocycles. The van der Waals surface area contributed by atoms with Crippen molar-refractivity contribution in [2.45, 2.75) is 20.8 Å². The Balaban J connectivity index is 1.17. The summed E-state index contributed by atoms with van der Waals surface area (Å²) in [7, 11) is 0. The molecule has 0 radical (unpaired) electrons. The number of pyridine rings is 3. The molecule has 4 aromatic heterocycles. The standard InChI is InChI=1S/C63H45N9/c1-37-25-31-40(32-26-37)64-58-43-13-4-7-19-49(43)67-52-22-10-16-46(55(52)58)61-70-62(47-17-11-23-53-56(47)59(44-14-5-8-20-50(44)68-53)65-41-33-27-38(2)28-34-41)72-63(71-61)48-18-12-24-54-57(48)60(45-15-6-9-21-51(45)69-54)66-42-35-29-39(3)30-36-42/h4-36H,1-3H3,(H,64,67)(H,65,68)(H,66,69). The van der Waals surface area contributed by atoms with E-state index in [0.717, 1.165) is 115 Å². The lowest BCUT2D eigenvalue weighted by Gasteiger charge is -2.15. The molecule has 0 saturated carbocycles. The van der Waals surface area contributed by atoms with Gasteiger partial charge in [0.25, 0.3) is 0 Å². The number of aromatic amines is 3. The van der Waals surface area contributed by atoms with Crippen molar-refractivity contribution in [2.24, 2.45) is 15.0 Å². The minimum Gasteiger partial charge on any atom is -0.354 e. The molecular formula is C63H45N9. The third-order valence-electron chi connectivity index (χ3n) is 13.4. The molecular weight excluding hydrogens is 883 g/mol. The van der Waals surface area contributed by atoms with Crippen molar-refractivity contribution in [3.63, 3.8) is 0 Å². The van der Waals surface area contributed by atoms with Crippen LogP contribution in [0, 0.1) is 20.8 Å². The van der Waals surface area contributed by atoms with Gasteiger partial charge in [0.2, 0.25) is 0 Å². The first-order valence-corrected chi connectivity index (χ1v) is 24.1. The molecule has 0 amide bonds. The summed E-state index contributed by atoms with van der Waals surface area (Å²) in [6.45, 7) is 6.27. The van der Waals surface area contributed by atoms with Gasteiger partial charge in [0.05, 0.1) is 33.1 Å². The van der Waals surface area contributed by atoms with E-state index in [1.807, 2.05) is 18.2 Å². The molecule has 342 valence electrons. The Hall–Kier alpha value is -9.60. The minimum absolute atomic E-state index is 0.488. The van der Waals surface area contributed by atoms with Gasteiger partial charge in [-0.05, 0) is 93.6 Å². The van der Waals surface area contributed by atoms with Crippen LogP contribution < -0.4 is 16.1 Å². The lowest BCUT2D eigenvalue weighted by Crippen LogP contribution is -2.12. The van der Waals surface area contributed by atoms with Crippen LogP contribution in [-0.2, 0) is 0 Å². The van der Waals surface area contributed by atoms with E-state index in [1.165, 1.54) is 16.7 Å². The maximum atomic E-state index is 5.54. The van der Waals surface area contributed by atoms with Gasteiger partial charge in [-0.1, -0.05) is 144 Å². The first-order valence-electron chi connectivity index (χ1n) is 24.1. The fourth-order valence-electron chi connectivity index (χ4n) is 9.86. The highest BCUT2D eigenvalue weighted by molar-refractivity contribution is 6.04. The molecule has 0 atom stereocenters. The van der Waals surface area contributed by atoms with E-state index >= 15 is 0 Å². The molecule has 0 bridgehead atoms. The Labute approximate surface area is 413 Å². The predicted octanol–water partition coefficient (Wildman–Crippen LogP) is 14.4. The predicted molar refractivity (Wildman–Crippen MR) is 293 cm³/mol. The molecule has 9 nitrogen and oxygen atoms in total. The van der Waals surface area contributed by atoms with E-state index in [2.05, 4.69) is 218 Å². The van der Waals surface area contributed by atoms with Crippen LogP contribution in [0.3, 0.4) is 0 Å². The molecule has 0 fully saturated rings. The molecule has 9 heteroatoms. The molecule has 0 aliphatic heterocycles. The summed E-state index contributed by atoms with van der Waals surface area (Å²) in [5.41, 5.74) is 14.0. The van der Waals surface area contributed by atoms with Crippen LogP contribution in [0.1, 0.15) is 16.7 Å². The Kier molecular flexibility index (Phi) is 10.3. The van der Waals surface area contributed by atoms with Crippen molar-refractivity contribution in [3.05, 3.63) is 233 Å². The number of hydrogen-bond donors (Lipinski definition) is 3. The molecule has 3 N–H and O–H groups in total. The Morgan fingerprint density at radius 2 is 0.542 bits per heavy atom. The smallest absolute Gasteiger partial charge is 0.164 e. The van der Waals surface area contributed by atoms with Crippen LogP contribution in [-0.4, -0.2) is 29.9 Å². The van der Waals surface area contributed by atoms with Gasteiger partial charge in [-0.15, -0.1) is 0 Å². The zero-order valence-corrected chi connectivity index (χ0v) is 39.7. The highest BCUT2D eigenvalue weighted by Gasteiger charge is 2.21. The molecule has 9 aromatic carbocycles. The molecule has 0 saturated heterocycles. The van der Waals surface area contributed by atoms with Crippen molar-refractivity contribution in [1.82, 2.24) is 29.9 Å². The number of para-hydroxylation sites is 3. The molecule has 13 rings (SSSR count). The van der Waals surface area contributed by atoms with Gasteiger partial charge in [-0.3, -0.25) is 0 Å². The number of hydrogen-bond acceptors (Lipinski definition) is 6. The third kappa shape index (κ3) is 7.60. The van der Waals surface area contributed by atoms with Crippen LogP contribution in [0.2, 0.25) is 0 Å². The van der Waals surface area contributed by atoms with E-state index in [9.17, 15) is 0 Å². The number of benzene rings is 9. The summed E-state index contributed by atoms with van der Waals surface area (Å²) in [5, 5.41) is 8.05. The van der Waals surface area contributed by atoms with Gasteiger partial charge in [0, 0.05) is 82.1 Å². The summed E-state index contributed by atoms with van der Waals surface area (Å²) in [5.74, 6) is 1.46. The maximum Gasteiger partial charge on any atom is 0.164 e. The molecule has 0 aliphatic rings. The quantitative estimate of drug-likeness (QED) is 0.144. The normalized spacial score (nSPS) is 12.6. The number of aromatic nitrogens is 6. The molecule has 0 spiro atoms. The lowest BCUT2D eigenvalue weighted by molar-refractivity contribution is 1.08. The summed E-state index contributed by atoms with van der Waals surface area (Å²) in [4.78, 5) is 44.1. The van der Waals surface area contributed by atoms with Crippen molar-refractivity contribution < 1.29 is 0 Å². The summed E-state index contributed by atoms with van der Waals surface area (Å²) in [6, 6.07) is 68.6. The van der Waals surface area contributed by atoms with Crippen molar-refractivity contribution in [1.29, 1.82) is 0 Å². The zero-order chi connectivity index (χ0) is 48.3.